The highest BCUT2D eigenvalue weighted by atomic mass is 35.5. The molecule has 0 aliphatic heterocycles. The number of H-pyrrole nitrogens is 1. The molecule has 0 bridgehead atoms. The molecule has 1 atom stereocenters. The van der Waals surface area contributed by atoms with Gasteiger partial charge in [-0.3, -0.25) is 9.48 Å². The molecule has 0 fully saturated rings. The van der Waals surface area contributed by atoms with E-state index in [-0.39, 0.29) is 11.6 Å². The summed E-state index contributed by atoms with van der Waals surface area (Å²) in [6, 6.07) is 10.8. The molecule has 0 saturated heterocycles. The zero-order valence-electron chi connectivity index (χ0n) is 14.8. The van der Waals surface area contributed by atoms with Crippen molar-refractivity contribution in [2.24, 2.45) is 7.05 Å². The van der Waals surface area contributed by atoms with Crippen molar-refractivity contribution in [2.45, 2.75) is 13.0 Å². The van der Waals surface area contributed by atoms with E-state index in [1.54, 1.807) is 23.1 Å². The molecule has 136 valence electrons. The number of fused-ring (bicyclic) bond motifs is 1. The molecular formula is C19H17ClN6O. The van der Waals surface area contributed by atoms with E-state index in [0.29, 0.717) is 22.1 Å². The van der Waals surface area contributed by atoms with Crippen LogP contribution >= 0.6 is 11.6 Å². The fourth-order valence-electron chi connectivity index (χ4n) is 3.00. The minimum Gasteiger partial charge on any atom is -0.347 e. The van der Waals surface area contributed by atoms with Gasteiger partial charge in [0.2, 0.25) is 5.95 Å². The summed E-state index contributed by atoms with van der Waals surface area (Å²) in [5.74, 6) is 0.437. The van der Waals surface area contributed by atoms with Crippen LogP contribution in [0, 0.1) is 0 Å². The van der Waals surface area contributed by atoms with Gasteiger partial charge in [0.25, 0.3) is 5.56 Å². The van der Waals surface area contributed by atoms with Crippen molar-refractivity contribution in [3.05, 3.63) is 69.7 Å². The lowest BCUT2D eigenvalue weighted by molar-refractivity contribution is 0.772. The van der Waals surface area contributed by atoms with Crippen LogP contribution in [0.4, 0.5) is 5.95 Å². The maximum Gasteiger partial charge on any atom is 0.253 e. The van der Waals surface area contributed by atoms with Gasteiger partial charge in [-0.2, -0.15) is 5.10 Å². The molecule has 1 aromatic carbocycles. The third-order valence-electron chi connectivity index (χ3n) is 4.41. The van der Waals surface area contributed by atoms with Crippen LogP contribution < -0.4 is 10.9 Å². The summed E-state index contributed by atoms with van der Waals surface area (Å²) in [6.45, 7) is 1.89. The van der Waals surface area contributed by atoms with Crippen molar-refractivity contribution in [1.29, 1.82) is 0 Å². The quantitative estimate of drug-likeness (QED) is 0.565. The molecule has 8 heteroatoms. The van der Waals surface area contributed by atoms with Gasteiger partial charge >= 0.3 is 0 Å². The highest BCUT2D eigenvalue weighted by Gasteiger charge is 2.14. The number of hydrogen-bond donors (Lipinski definition) is 2. The second-order valence-corrected chi connectivity index (χ2v) is 6.64. The minimum absolute atomic E-state index is 0.196. The summed E-state index contributed by atoms with van der Waals surface area (Å²) in [5, 5.41) is 8.74. The number of benzene rings is 1. The molecule has 0 spiro atoms. The molecule has 4 rings (SSSR count). The first-order valence-corrected chi connectivity index (χ1v) is 8.80. The highest BCUT2D eigenvalue weighted by Crippen LogP contribution is 2.23. The molecule has 4 aromatic rings. The van der Waals surface area contributed by atoms with E-state index in [2.05, 4.69) is 25.4 Å². The van der Waals surface area contributed by atoms with Crippen molar-refractivity contribution in [2.75, 3.05) is 5.32 Å². The Morgan fingerprint density at radius 3 is 2.85 bits per heavy atom. The molecule has 0 saturated carbocycles. The average molecular weight is 381 g/mol. The van der Waals surface area contributed by atoms with E-state index in [9.17, 15) is 4.79 Å². The largest absolute Gasteiger partial charge is 0.347 e. The van der Waals surface area contributed by atoms with Crippen LogP contribution in [-0.2, 0) is 7.05 Å². The zero-order chi connectivity index (χ0) is 19.0. The Morgan fingerprint density at radius 2 is 2.07 bits per heavy atom. The lowest BCUT2D eigenvalue weighted by Crippen LogP contribution is -2.20. The molecule has 0 aliphatic rings. The van der Waals surface area contributed by atoms with E-state index in [0.717, 1.165) is 16.8 Å². The standard InChI is InChI=1S/C19H17ClN6O/c1-11(13-10-12-4-3-5-14(20)17(12)25-18(13)27)23-19-21-8-6-15(24-19)16-7-9-22-26(16)2/h3-11H,1-2H3,(H,25,27)(H,21,23,24)/t11-/m0/s1. The van der Waals surface area contributed by atoms with Crippen LogP contribution in [0.25, 0.3) is 22.3 Å². The summed E-state index contributed by atoms with van der Waals surface area (Å²) in [5.41, 5.74) is 2.65. The van der Waals surface area contributed by atoms with E-state index >= 15 is 0 Å². The Morgan fingerprint density at radius 1 is 1.22 bits per heavy atom. The molecule has 3 aromatic heterocycles. The Bertz CT molecular complexity index is 1180. The van der Waals surface area contributed by atoms with Crippen molar-refractivity contribution in [3.63, 3.8) is 0 Å². The number of para-hydroxylation sites is 1. The topological polar surface area (TPSA) is 88.5 Å². The van der Waals surface area contributed by atoms with Gasteiger partial charge < -0.3 is 10.3 Å². The third kappa shape index (κ3) is 3.29. The molecule has 3 heterocycles. The summed E-state index contributed by atoms with van der Waals surface area (Å²) in [7, 11) is 1.85. The van der Waals surface area contributed by atoms with Crippen LogP contribution in [0.3, 0.4) is 0 Å². The van der Waals surface area contributed by atoms with Gasteiger partial charge in [0.1, 0.15) is 0 Å². The number of hydrogen-bond acceptors (Lipinski definition) is 5. The van der Waals surface area contributed by atoms with E-state index in [1.807, 2.05) is 44.3 Å². The number of aromatic nitrogens is 5. The summed E-state index contributed by atoms with van der Waals surface area (Å²) in [4.78, 5) is 24.2. The van der Waals surface area contributed by atoms with Crippen LogP contribution in [0.5, 0.6) is 0 Å². The van der Waals surface area contributed by atoms with Crippen LogP contribution in [0.1, 0.15) is 18.5 Å². The Kier molecular flexibility index (Phi) is 4.37. The van der Waals surface area contributed by atoms with Gasteiger partial charge in [0.15, 0.2) is 0 Å². The SMILES string of the molecule is C[C@H](Nc1nccc(-c2ccnn2C)n1)c1cc2cccc(Cl)c2[nH]c1=O. The van der Waals surface area contributed by atoms with Gasteiger partial charge in [-0.15, -0.1) is 0 Å². The number of aryl methyl sites for hydroxylation is 1. The van der Waals surface area contributed by atoms with Gasteiger partial charge in [-0.25, -0.2) is 9.97 Å². The van der Waals surface area contributed by atoms with Gasteiger partial charge in [0, 0.05) is 30.4 Å². The molecule has 0 aliphatic carbocycles. The Balaban J connectivity index is 1.66. The minimum atomic E-state index is -0.293. The van der Waals surface area contributed by atoms with Crippen LogP contribution in [-0.4, -0.2) is 24.7 Å². The number of nitrogens with one attached hydrogen (secondary N) is 2. The second kappa shape index (κ2) is 6.85. The molecule has 2 N–H and O–H groups in total. The second-order valence-electron chi connectivity index (χ2n) is 6.23. The van der Waals surface area contributed by atoms with Crippen molar-refractivity contribution < 1.29 is 0 Å². The molecule has 0 unspecified atom stereocenters. The smallest absolute Gasteiger partial charge is 0.253 e. The van der Waals surface area contributed by atoms with Crippen molar-refractivity contribution in [3.8, 4) is 11.4 Å². The number of halogens is 1. The Hall–Kier alpha value is -3.19. The average Bonchev–Trinajstić information content (AvgIpc) is 3.08. The molecule has 27 heavy (non-hydrogen) atoms. The number of anilines is 1. The molecular weight excluding hydrogens is 364 g/mol. The molecule has 0 radical (unpaired) electrons. The third-order valence-corrected chi connectivity index (χ3v) is 4.72. The van der Waals surface area contributed by atoms with E-state index in [4.69, 9.17) is 11.6 Å². The fourth-order valence-corrected chi connectivity index (χ4v) is 3.23. The number of aromatic amines is 1. The normalized spacial score (nSPS) is 12.3. The number of pyridine rings is 1. The molecule has 7 nitrogen and oxygen atoms in total. The first kappa shape index (κ1) is 17.2. The highest BCUT2D eigenvalue weighted by molar-refractivity contribution is 6.35. The first-order valence-electron chi connectivity index (χ1n) is 8.42. The summed E-state index contributed by atoms with van der Waals surface area (Å²) < 4.78 is 1.74. The van der Waals surface area contributed by atoms with E-state index in [1.165, 1.54) is 0 Å². The Labute approximate surface area is 160 Å². The maximum atomic E-state index is 12.5. The van der Waals surface area contributed by atoms with Crippen LogP contribution in [0.15, 0.2) is 53.6 Å². The molecule has 0 amide bonds. The van der Waals surface area contributed by atoms with Gasteiger partial charge in [0.05, 0.1) is 28.0 Å². The lowest BCUT2D eigenvalue weighted by Gasteiger charge is -2.15. The summed E-state index contributed by atoms with van der Waals surface area (Å²) >= 11 is 6.16. The van der Waals surface area contributed by atoms with E-state index < -0.39 is 0 Å². The maximum absolute atomic E-state index is 12.5. The fraction of sp³-hybridized carbons (Fsp3) is 0.158. The summed E-state index contributed by atoms with van der Waals surface area (Å²) in [6.07, 6.45) is 3.39. The number of rotatable bonds is 4. The predicted octanol–water partition coefficient (Wildman–Crippen LogP) is 3.55. The van der Waals surface area contributed by atoms with Crippen molar-refractivity contribution in [1.82, 2.24) is 24.7 Å². The van der Waals surface area contributed by atoms with Crippen molar-refractivity contribution >= 4 is 28.5 Å². The monoisotopic (exact) mass is 380 g/mol. The predicted molar refractivity (Wildman–Crippen MR) is 106 cm³/mol. The first-order chi connectivity index (χ1) is 13.0. The number of nitrogens with zero attached hydrogens (tertiary/aromatic N) is 4. The van der Waals surface area contributed by atoms with Gasteiger partial charge in [-0.05, 0) is 31.2 Å². The van der Waals surface area contributed by atoms with Gasteiger partial charge in [-0.1, -0.05) is 23.7 Å². The lowest BCUT2D eigenvalue weighted by atomic mass is 10.1. The van der Waals surface area contributed by atoms with Crippen LogP contribution in [0.2, 0.25) is 5.02 Å². The zero-order valence-corrected chi connectivity index (χ0v) is 15.5.